The van der Waals surface area contributed by atoms with Crippen LogP contribution in [0.3, 0.4) is 0 Å². The largest absolute Gasteiger partial charge is 0.346 e. The summed E-state index contributed by atoms with van der Waals surface area (Å²) in [6.45, 7) is 3.47. The molecule has 2 N–H and O–H groups in total. The van der Waals surface area contributed by atoms with Crippen molar-refractivity contribution in [1.29, 1.82) is 0 Å². The molecule has 4 nitrogen and oxygen atoms in total. The number of anilines is 1. The van der Waals surface area contributed by atoms with E-state index in [4.69, 9.17) is 11.6 Å². The van der Waals surface area contributed by atoms with E-state index in [1.165, 1.54) is 12.1 Å². The molecule has 2 amide bonds. The number of carbonyl (C=O) groups is 2. The highest BCUT2D eigenvalue weighted by atomic mass is 35.5. The quantitative estimate of drug-likeness (QED) is 0.797. The molecule has 0 aromatic heterocycles. The molecule has 0 unspecified atom stereocenters. The fourth-order valence-electron chi connectivity index (χ4n) is 1.09. The Balaban J connectivity index is 2.68. The smallest absolute Gasteiger partial charge is 0.313 e. The topological polar surface area (TPSA) is 58.2 Å². The van der Waals surface area contributed by atoms with Crippen molar-refractivity contribution in [1.82, 2.24) is 5.32 Å². The van der Waals surface area contributed by atoms with Crippen LogP contribution in [-0.4, -0.2) is 17.9 Å². The van der Waals surface area contributed by atoms with E-state index in [0.717, 1.165) is 6.07 Å². The van der Waals surface area contributed by atoms with Gasteiger partial charge >= 0.3 is 11.8 Å². The zero-order valence-corrected chi connectivity index (χ0v) is 10.1. The van der Waals surface area contributed by atoms with Crippen LogP contribution < -0.4 is 10.6 Å². The molecule has 0 aliphatic rings. The summed E-state index contributed by atoms with van der Waals surface area (Å²) < 4.78 is 12.8. The molecular formula is C11H12ClFN2O2. The van der Waals surface area contributed by atoms with Crippen molar-refractivity contribution in [3.8, 4) is 0 Å². The first-order valence-electron chi connectivity index (χ1n) is 4.97. The second-order valence-corrected chi connectivity index (χ2v) is 4.12. The van der Waals surface area contributed by atoms with Gasteiger partial charge in [0.25, 0.3) is 0 Å². The molecular weight excluding hydrogens is 247 g/mol. The highest BCUT2D eigenvalue weighted by Crippen LogP contribution is 2.19. The zero-order valence-electron chi connectivity index (χ0n) is 9.38. The zero-order chi connectivity index (χ0) is 13.0. The summed E-state index contributed by atoms with van der Waals surface area (Å²) in [5.41, 5.74) is 0.264. The van der Waals surface area contributed by atoms with E-state index in [0.29, 0.717) is 0 Å². The van der Waals surface area contributed by atoms with Gasteiger partial charge in [0, 0.05) is 11.7 Å². The van der Waals surface area contributed by atoms with Gasteiger partial charge in [-0.1, -0.05) is 11.6 Å². The molecule has 1 aromatic rings. The summed E-state index contributed by atoms with van der Waals surface area (Å²) >= 11 is 5.53. The van der Waals surface area contributed by atoms with E-state index in [9.17, 15) is 14.0 Å². The average molecular weight is 259 g/mol. The Morgan fingerprint density at radius 3 is 2.47 bits per heavy atom. The van der Waals surface area contributed by atoms with Crippen LogP contribution in [0.1, 0.15) is 13.8 Å². The maximum Gasteiger partial charge on any atom is 0.313 e. The van der Waals surface area contributed by atoms with Gasteiger partial charge in [0.1, 0.15) is 5.82 Å². The maximum absolute atomic E-state index is 12.8. The van der Waals surface area contributed by atoms with Gasteiger partial charge in [-0.3, -0.25) is 9.59 Å². The maximum atomic E-state index is 12.8. The van der Waals surface area contributed by atoms with E-state index >= 15 is 0 Å². The minimum Gasteiger partial charge on any atom is -0.346 e. The molecule has 0 bridgehead atoms. The molecule has 0 fully saturated rings. The number of carbonyl (C=O) groups excluding carboxylic acids is 2. The number of benzene rings is 1. The first-order chi connectivity index (χ1) is 7.90. The Bertz CT molecular complexity index is 449. The van der Waals surface area contributed by atoms with Crippen LogP contribution in [-0.2, 0) is 9.59 Å². The van der Waals surface area contributed by atoms with E-state index in [2.05, 4.69) is 10.6 Å². The molecule has 0 saturated carbocycles. The predicted octanol–water partition coefficient (Wildman–Crippen LogP) is 1.94. The van der Waals surface area contributed by atoms with Crippen LogP contribution in [0, 0.1) is 5.82 Å². The van der Waals surface area contributed by atoms with Gasteiger partial charge in [0.15, 0.2) is 0 Å². The lowest BCUT2D eigenvalue weighted by Crippen LogP contribution is -2.39. The molecule has 0 saturated heterocycles. The Morgan fingerprint density at radius 1 is 1.29 bits per heavy atom. The summed E-state index contributed by atoms with van der Waals surface area (Å²) in [6, 6.07) is 3.53. The molecule has 1 aromatic carbocycles. The van der Waals surface area contributed by atoms with Crippen molar-refractivity contribution in [2.45, 2.75) is 19.9 Å². The second-order valence-electron chi connectivity index (χ2n) is 3.71. The Kier molecular flexibility index (Phi) is 4.45. The lowest BCUT2D eigenvalue weighted by atomic mass is 10.3. The number of nitrogens with one attached hydrogen (secondary N) is 2. The summed E-state index contributed by atoms with van der Waals surface area (Å²) in [4.78, 5) is 22.7. The molecule has 0 spiro atoms. The number of halogens is 2. The standard InChI is InChI=1S/C11H12ClFN2O2/c1-6(2)14-10(16)11(17)15-7-3-4-9(13)8(12)5-7/h3-6H,1-2H3,(H,14,16)(H,15,17). The van der Waals surface area contributed by atoms with Gasteiger partial charge < -0.3 is 10.6 Å². The van der Waals surface area contributed by atoms with Gasteiger partial charge in [-0.15, -0.1) is 0 Å². The molecule has 1 rings (SSSR count). The summed E-state index contributed by atoms with van der Waals surface area (Å²) in [7, 11) is 0. The number of hydrogen-bond donors (Lipinski definition) is 2. The highest BCUT2D eigenvalue weighted by Gasteiger charge is 2.14. The van der Waals surface area contributed by atoms with Crippen molar-refractivity contribution < 1.29 is 14.0 Å². The lowest BCUT2D eigenvalue weighted by molar-refractivity contribution is -0.136. The summed E-state index contributed by atoms with van der Waals surface area (Å²) in [6.07, 6.45) is 0. The van der Waals surface area contributed by atoms with Crippen LogP contribution in [0.25, 0.3) is 0 Å². The van der Waals surface area contributed by atoms with Crippen LogP contribution >= 0.6 is 11.6 Å². The van der Waals surface area contributed by atoms with Crippen molar-refractivity contribution in [3.05, 3.63) is 29.0 Å². The third-order valence-corrected chi connectivity index (χ3v) is 2.09. The van der Waals surface area contributed by atoms with Gasteiger partial charge in [-0.25, -0.2) is 4.39 Å². The fraction of sp³-hybridized carbons (Fsp3) is 0.273. The molecule has 0 atom stereocenters. The molecule has 6 heteroatoms. The number of hydrogen-bond acceptors (Lipinski definition) is 2. The minimum atomic E-state index is -0.818. The fourth-order valence-corrected chi connectivity index (χ4v) is 1.27. The Hall–Kier alpha value is -1.62. The number of amides is 2. The van der Waals surface area contributed by atoms with Crippen LogP contribution in [0.4, 0.5) is 10.1 Å². The van der Waals surface area contributed by atoms with E-state index in [1.807, 2.05) is 0 Å². The monoisotopic (exact) mass is 258 g/mol. The minimum absolute atomic E-state index is 0.118. The normalized spacial score (nSPS) is 10.2. The van der Waals surface area contributed by atoms with Crippen LogP contribution in [0.2, 0.25) is 5.02 Å². The first-order valence-corrected chi connectivity index (χ1v) is 5.35. The predicted molar refractivity (Wildman–Crippen MR) is 63.3 cm³/mol. The van der Waals surface area contributed by atoms with Crippen LogP contribution in [0.15, 0.2) is 18.2 Å². The lowest BCUT2D eigenvalue weighted by Gasteiger charge is -2.08. The van der Waals surface area contributed by atoms with Crippen molar-refractivity contribution >= 4 is 29.1 Å². The molecule has 0 heterocycles. The van der Waals surface area contributed by atoms with Gasteiger partial charge in [-0.05, 0) is 32.0 Å². The van der Waals surface area contributed by atoms with Gasteiger partial charge in [-0.2, -0.15) is 0 Å². The molecule has 0 radical (unpaired) electrons. The third-order valence-electron chi connectivity index (χ3n) is 1.80. The van der Waals surface area contributed by atoms with E-state index in [1.54, 1.807) is 13.8 Å². The van der Waals surface area contributed by atoms with Crippen molar-refractivity contribution in [2.24, 2.45) is 0 Å². The Morgan fingerprint density at radius 2 is 1.94 bits per heavy atom. The SMILES string of the molecule is CC(C)NC(=O)C(=O)Nc1ccc(F)c(Cl)c1. The summed E-state index contributed by atoms with van der Waals surface area (Å²) in [5, 5.41) is 4.63. The molecule has 17 heavy (non-hydrogen) atoms. The van der Waals surface area contributed by atoms with E-state index in [-0.39, 0.29) is 16.8 Å². The van der Waals surface area contributed by atoms with Gasteiger partial charge in [0.2, 0.25) is 0 Å². The van der Waals surface area contributed by atoms with E-state index < -0.39 is 17.6 Å². The first kappa shape index (κ1) is 13.4. The highest BCUT2D eigenvalue weighted by molar-refractivity contribution is 6.39. The van der Waals surface area contributed by atoms with Crippen molar-refractivity contribution in [2.75, 3.05) is 5.32 Å². The average Bonchev–Trinajstić information content (AvgIpc) is 2.22. The second kappa shape index (κ2) is 5.63. The molecule has 0 aliphatic carbocycles. The Labute approximate surface area is 103 Å². The third kappa shape index (κ3) is 4.03. The number of rotatable bonds is 2. The summed E-state index contributed by atoms with van der Waals surface area (Å²) in [5.74, 6) is -2.15. The van der Waals surface area contributed by atoms with Crippen LogP contribution in [0.5, 0.6) is 0 Å². The van der Waals surface area contributed by atoms with Crippen molar-refractivity contribution in [3.63, 3.8) is 0 Å². The molecule has 0 aliphatic heterocycles. The molecule has 92 valence electrons. The van der Waals surface area contributed by atoms with Gasteiger partial charge in [0.05, 0.1) is 5.02 Å².